The molecule has 21 heavy (non-hydrogen) atoms. The van der Waals surface area contributed by atoms with Crippen molar-refractivity contribution in [2.45, 2.75) is 13.5 Å². The Labute approximate surface area is 124 Å². The fourth-order valence-electron chi connectivity index (χ4n) is 2.39. The Kier molecular flexibility index (Phi) is 3.65. The molecule has 3 aromatic rings. The first kappa shape index (κ1) is 13.3. The first-order chi connectivity index (χ1) is 10.3. The highest BCUT2D eigenvalue weighted by molar-refractivity contribution is 5.74. The van der Waals surface area contributed by atoms with Crippen molar-refractivity contribution in [1.29, 1.82) is 0 Å². The van der Waals surface area contributed by atoms with Gasteiger partial charge in [0, 0.05) is 5.56 Å². The predicted molar refractivity (Wildman–Crippen MR) is 85.7 cm³/mol. The third-order valence-corrected chi connectivity index (χ3v) is 3.36. The normalized spacial score (nSPS) is 10.5. The minimum Gasteiger partial charge on any atom is -0.240 e. The number of aromatic nitrogens is 3. The van der Waals surface area contributed by atoms with E-state index in [4.69, 9.17) is 0 Å². The summed E-state index contributed by atoms with van der Waals surface area (Å²) in [7, 11) is 0. The monoisotopic (exact) mass is 275 g/mol. The first-order valence-electron chi connectivity index (χ1n) is 6.94. The molecule has 104 valence electrons. The van der Waals surface area contributed by atoms with E-state index < -0.39 is 0 Å². The van der Waals surface area contributed by atoms with Crippen LogP contribution < -0.4 is 0 Å². The van der Waals surface area contributed by atoms with Crippen molar-refractivity contribution in [2.75, 3.05) is 0 Å². The highest BCUT2D eigenvalue weighted by Crippen LogP contribution is 2.26. The maximum atomic E-state index is 4.36. The second-order valence-electron chi connectivity index (χ2n) is 5.08. The summed E-state index contributed by atoms with van der Waals surface area (Å²) in [6.07, 6.45) is 0. The highest BCUT2D eigenvalue weighted by Gasteiger charge is 2.15. The average molecular weight is 275 g/mol. The lowest BCUT2D eigenvalue weighted by atomic mass is 10.1. The van der Waals surface area contributed by atoms with Gasteiger partial charge in [0.15, 0.2) is 0 Å². The van der Waals surface area contributed by atoms with Gasteiger partial charge >= 0.3 is 0 Å². The summed E-state index contributed by atoms with van der Waals surface area (Å²) in [6, 6.07) is 20.4. The molecule has 0 saturated heterocycles. The van der Waals surface area contributed by atoms with Crippen LogP contribution in [0.15, 0.2) is 67.2 Å². The Morgan fingerprint density at radius 1 is 1.00 bits per heavy atom. The van der Waals surface area contributed by atoms with Crippen molar-refractivity contribution in [3.8, 4) is 11.3 Å². The van der Waals surface area contributed by atoms with Crippen LogP contribution in [0, 0.1) is 0 Å². The summed E-state index contributed by atoms with van der Waals surface area (Å²) in [4.78, 5) is 0. The van der Waals surface area contributed by atoms with Gasteiger partial charge in [0.1, 0.15) is 5.69 Å². The van der Waals surface area contributed by atoms with Gasteiger partial charge in [-0.2, -0.15) is 0 Å². The summed E-state index contributed by atoms with van der Waals surface area (Å²) >= 11 is 0. The molecule has 0 atom stereocenters. The van der Waals surface area contributed by atoms with Crippen LogP contribution in [0.1, 0.15) is 18.2 Å². The van der Waals surface area contributed by atoms with E-state index in [-0.39, 0.29) is 0 Å². The zero-order valence-electron chi connectivity index (χ0n) is 12.0. The fourth-order valence-corrected chi connectivity index (χ4v) is 2.39. The van der Waals surface area contributed by atoms with E-state index in [1.165, 1.54) is 5.56 Å². The van der Waals surface area contributed by atoms with Gasteiger partial charge in [-0.05, 0) is 18.1 Å². The third-order valence-electron chi connectivity index (χ3n) is 3.36. The molecule has 0 unspecified atom stereocenters. The van der Waals surface area contributed by atoms with Gasteiger partial charge in [0.25, 0.3) is 0 Å². The molecule has 0 aliphatic heterocycles. The number of rotatable bonds is 4. The molecule has 0 aliphatic carbocycles. The lowest BCUT2D eigenvalue weighted by Gasteiger charge is -2.08. The molecule has 0 saturated carbocycles. The van der Waals surface area contributed by atoms with Gasteiger partial charge < -0.3 is 0 Å². The van der Waals surface area contributed by atoms with Crippen LogP contribution in [-0.2, 0) is 6.54 Å². The zero-order chi connectivity index (χ0) is 14.7. The molecule has 3 nitrogen and oxygen atoms in total. The molecule has 0 radical (unpaired) electrons. The van der Waals surface area contributed by atoms with Crippen LogP contribution >= 0.6 is 0 Å². The van der Waals surface area contributed by atoms with Crippen LogP contribution in [0.25, 0.3) is 16.8 Å². The first-order valence-corrected chi connectivity index (χ1v) is 6.94. The Balaban J connectivity index is 2.03. The SMILES string of the molecule is C=C(C)c1c(-c2ccccc2)nnn1Cc1ccccc1. The molecule has 0 aliphatic rings. The van der Waals surface area contributed by atoms with E-state index in [0.29, 0.717) is 6.54 Å². The number of benzene rings is 2. The fraction of sp³-hybridized carbons (Fsp3) is 0.111. The summed E-state index contributed by atoms with van der Waals surface area (Å²) in [5.74, 6) is 0. The van der Waals surface area contributed by atoms with Gasteiger partial charge in [-0.1, -0.05) is 72.5 Å². The van der Waals surface area contributed by atoms with E-state index in [2.05, 4.69) is 29.0 Å². The molecule has 0 spiro atoms. The van der Waals surface area contributed by atoms with Crippen molar-refractivity contribution in [2.24, 2.45) is 0 Å². The highest BCUT2D eigenvalue weighted by atomic mass is 15.4. The van der Waals surface area contributed by atoms with Crippen LogP contribution in [0.3, 0.4) is 0 Å². The van der Waals surface area contributed by atoms with Crippen LogP contribution in [0.2, 0.25) is 0 Å². The molecule has 3 heteroatoms. The maximum Gasteiger partial charge on any atom is 0.120 e. The van der Waals surface area contributed by atoms with E-state index in [9.17, 15) is 0 Å². The van der Waals surface area contributed by atoms with Gasteiger partial charge in [-0.3, -0.25) is 0 Å². The Morgan fingerprint density at radius 2 is 1.62 bits per heavy atom. The molecule has 1 heterocycles. The Bertz CT molecular complexity index is 743. The topological polar surface area (TPSA) is 30.7 Å². The van der Waals surface area contributed by atoms with Crippen LogP contribution in [0.5, 0.6) is 0 Å². The molecule has 3 rings (SSSR count). The van der Waals surface area contributed by atoms with Crippen molar-refractivity contribution >= 4 is 5.57 Å². The standard InChI is InChI=1S/C18H17N3/c1-14(2)18-17(16-11-7-4-8-12-16)19-20-21(18)13-15-9-5-3-6-10-15/h3-12H,1,13H2,2H3. The van der Waals surface area contributed by atoms with E-state index in [0.717, 1.165) is 22.5 Å². The summed E-state index contributed by atoms with van der Waals surface area (Å²) < 4.78 is 1.92. The predicted octanol–water partition coefficient (Wildman–Crippen LogP) is 4.03. The van der Waals surface area contributed by atoms with Crippen LogP contribution in [0.4, 0.5) is 0 Å². The minimum atomic E-state index is 0.697. The molecule has 0 N–H and O–H groups in total. The average Bonchev–Trinajstić information content (AvgIpc) is 2.93. The largest absolute Gasteiger partial charge is 0.240 e. The van der Waals surface area contributed by atoms with Crippen molar-refractivity contribution < 1.29 is 0 Å². The molecule has 0 amide bonds. The maximum absolute atomic E-state index is 4.36. The molecular formula is C18H17N3. The van der Waals surface area contributed by atoms with Crippen LogP contribution in [-0.4, -0.2) is 15.0 Å². The number of nitrogens with zero attached hydrogens (tertiary/aromatic N) is 3. The molecular weight excluding hydrogens is 258 g/mol. The lowest BCUT2D eigenvalue weighted by Crippen LogP contribution is -2.05. The quantitative estimate of drug-likeness (QED) is 0.720. The smallest absolute Gasteiger partial charge is 0.120 e. The van der Waals surface area contributed by atoms with Crippen molar-refractivity contribution in [3.05, 3.63) is 78.5 Å². The van der Waals surface area contributed by atoms with Gasteiger partial charge in [-0.25, -0.2) is 4.68 Å². The minimum absolute atomic E-state index is 0.697. The third kappa shape index (κ3) is 2.77. The summed E-state index contributed by atoms with van der Waals surface area (Å²) in [6.45, 7) is 6.78. The van der Waals surface area contributed by atoms with Gasteiger partial charge in [0.2, 0.25) is 0 Å². The van der Waals surface area contributed by atoms with E-state index in [1.807, 2.05) is 60.1 Å². The number of hydrogen-bond acceptors (Lipinski definition) is 2. The van der Waals surface area contributed by atoms with E-state index in [1.54, 1.807) is 0 Å². The van der Waals surface area contributed by atoms with E-state index >= 15 is 0 Å². The number of allylic oxidation sites excluding steroid dienone is 1. The zero-order valence-corrected chi connectivity index (χ0v) is 12.0. The van der Waals surface area contributed by atoms with Gasteiger partial charge in [0.05, 0.1) is 12.2 Å². The molecule has 0 bridgehead atoms. The summed E-state index contributed by atoms with van der Waals surface area (Å²) in [5, 5.41) is 8.67. The molecule has 1 aromatic heterocycles. The Hall–Kier alpha value is -2.68. The molecule has 2 aromatic carbocycles. The van der Waals surface area contributed by atoms with Crippen molar-refractivity contribution in [1.82, 2.24) is 15.0 Å². The number of hydrogen-bond donors (Lipinski definition) is 0. The second kappa shape index (κ2) is 5.75. The Morgan fingerprint density at radius 3 is 2.24 bits per heavy atom. The lowest BCUT2D eigenvalue weighted by molar-refractivity contribution is 0.643. The molecule has 0 fully saturated rings. The second-order valence-corrected chi connectivity index (χ2v) is 5.08. The van der Waals surface area contributed by atoms with Crippen molar-refractivity contribution in [3.63, 3.8) is 0 Å². The summed E-state index contributed by atoms with van der Waals surface area (Å²) in [5.41, 5.74) is 5.11. The van der Waals surface area contributed by atoms with Gasteiger partial charge in [-0.15, -0.1) is 5.10 Å².